The van der Waals surface area contributed by atoms with Gasteiger partial charge in [0.1, 0.15) is 33.5 Å². The fourth-order valence-electron chi connectivity index (χ4n) is 7.94. The van der Waals surface area contributed by atoms with Crippen LogP contribution in [-0.4, -0.2) is 0 Å². The number of rotatable bonds is 5. The molecule has 0 N–H and O–H groups in total. The number of hydrogen-bond donors (Lipinski definition) is 0. The van der Waals surface area contributed by atoms with E-state index in [1.165, 1.54) is 0 Å². The van der Waals surface area contributed by atoms with Crippen LogP contribution in [0.25, 0.3) is 88.1 Å². The van der Waals surface area contributed by atoms with E-state index in [1.54, 1.807) is 0 Å². The number of anilines is 3. The number of furan rings is 3. The highest BCUT2D eigenvalue weighted by molar-refractivity contribution is 6.21. The largest absolute Gasteiger partial charge is 0.456 e. The third-order valence-corrected chi connectivity index (χ3v) is 10.3. The Kier molecular flexibility index (Phi) is 6.22. The summed E-state index contributed by atoms with van der Waals surface area (Å²) in [6.45, 7) is 0. The van der Waals surface area contributed by atoms with Crippen LogP contribution >= 0.6 is 0 Å². The highest BCUT2D eigenvalue weighted by Gasteiger charge is 2.23. The van der Waals surface area contributed by atoms with Crippen molar-refractivity contribution in [3.8, 4) is 22.3 Å². The summed E-state index contributed by atoms with van der Waals surface area (Å²) in [7, 11) is 0. The molecule has 0 aliphatic carbocycles. The summed E-state index contributed by atoms with van der Waals surface area (Å²) in [5, 5.41) is 6.50. The molecular weight excluding hydrogens is 639 g/mol. The highest BCUT2D eigenvalue weighted by atomic mass is 16.3. The molecule has 0 radical (unpaired) electrons. The third kappa shape index (κ3) is 4.34. The standard InChI is InChI=1S/C48H29NO3/c1-3-12-32(13-4-1)49(33-14-5-2-6-15-33)40-20-11-23-44-47(40)46-36(17-10-22-43(46)51-44)37-18-9-19-38-39-28-30(25-27-42(39)52-48(37)38)31-24-26-35-34-16-7-8-21-41(34)50-45(35)29-31/h1-29H. The van der Waals surface area contributed by atoms with E-state index in [0.29, 0.717) is 0 Å². The van der Waals surface area contributed by atoms with Crippen LogP contribution in [0.15, 0.2) is 189 Å². The lowest BCUT2D eigenvalue weighted by molar-refractivity contribution is 0.668. The quantitative estimate of drug-likeness (QED) is 0.183. The van der Waals surface area contributed by atoms with E-state index in [0.717, 1.165) is 105 Å². The zero-order valence-electron chi connectivity index (χ0n) is 27.9. The smallest absolute Gasteiger partial charge is 0.143 e. The lowest BCUT2D eigenvalue weighted by atomic mass is 9.96. The highest BCUT2D eigenvalue weighted by Crippen LogP contribution is 2.47. The summed E-state index contributed by atoms with van der Waals surface area (Å²) in [5.41, 5.74) is 12.6. The summed E-state index contributed by atoms with van der Waals surface area (Å²) in [4.78, 5) is 2.31. The molecule has 0 aliphatic heterocycles. The van der Waals surface area contributed by atoms with Crippen molar-refractivity contribution in [1.29, 1.82) is 0 Å². The number of nitrogens with zero attached hydrogens (tertiary/aromatic N) is 1. The zero-order chi connectivity index (χ0) is 34.2. The summed E-state index contributed by atoms with van der Waals surface area (Å²) in [6, 6.07) is 61.2. The molecule has 0 amide bonds. The maximum Gasteiger partial charge on any atom is 0.143 e. The summed E-state index contributed by atoms with van der Waals surface area (Å²) >= 11 is 0. The number of benzene rings is 8. The normalized spacial score (nSPS) is 11.8. The minimum atomic E-state index is 0.831. The second-order valence-electron chi connectivity index (χ2n) is 13.2. The Balaban J connectivity index is 1.11. The molecule has 0 saturated heterocycles. The number of para-hydroxylation sites is 4. The predicted molar refractivity (Wildman–Crippen MR) is 214 cm³/mol. The molecule has 4 nitrogen and oxygen atoms in total. The van der Waals surface area contributed by atoms with Crippen molar-refractivity contribution in [3.63, 3.8) is 0 Å². The molecule has 3 aromatic heterocycles. The third-order valence-electron chi connectivity index (χ3n) is 10.3. The topological polar surface area (TPSA) is 42.7 Å². The first-order valence-corrected chi connectivity index (χ1v) is 17.5. The second kappa shape index (κ2) is 11.2. The predicted octanol–water partition coefficient (Wildman–Crippen LogP) is 14.2. The molecular formula is C48H29NO3. The van der Waals surface area contributed by atoms with Crippen LogP contribution in [0, 0.1) is 0 Å². The molecule has 0 fully saturated rings. The van der Waals surface area contributed by atoms with Gasteiger partial charge in [-0.2, -0.15) is 0 Å². The van der Waals surface area contributed by atoms with Gasteiger partial charge in [0.15, 0.2) is 0 Å². The average Bonchev–Trinajstić information content (AvgIpc) is 3.90. The van der Waals surface area contributed by atoms with Gasteiger partial charge in [-0.3, -0.25) is 0 Å². The molecule has 8 aromatic carbocycles. The molecule has 11 aromatic rings. The monoisotopic (exact) mass is 667 g/mol. The maximum atomic E-state index is 6.73. The van der Waals surface area contributed by atoms with E-state index in [1.807, 2.05) is 12.1 Å². The van der Waals surface area contributed by atoms with E-state index in [2.05, 4.69) is 169 Å². The average molecular weight is 668 g/mol. The van der Waals surface area contributed by atoms with E-state index in [-0.39, 0.29) is 0 Å². The van der Waals surface area contributed by atoms with Crippen LogP contribution in [0.5, 0.6) is 0 Å². The molecule has 4 heteroatoms. The fourth-order valence-corrected chi connectivity index (χ4v) is 7.94. The van der Waals surface area contributed by atoms with Crippen LogP contribution in [0.1, 0.15) is 0 Å². The Hall–Kier alpha value is -7.04. The SMILES string of the molecule is c1ccc(N(c2ccccc2)c2cccc3oc4cccc(-c5cccc6c5oc5ccc(-c7ccc8c(c7)oc7ccccc78)cc56)c4c23)cc1. The molecule has 11 rings (SSSR count). The minimum Gasteiger partial charge on any atom is -0.456 e. The van der Waals surface area contributed by atoms with E-state index in [9.17, 15) is 0 Å². The lowest BCUT2D eigenvalue weighted by Crippen LogP contribution is -2.10. The summed E-state index contributed by atoms with van der Waals surface area (Å²) in [5.74, 6) is 0. The van der Waals surface area contributed by atoms with Crippen molar-refractivity contribution in [1.82, 2.24) is 0 Å². The van der Waals surface area contributed by atoms with Gasteiger partial charge in [-0.15, -0.1) is 0 Å². The van der Waals surface area contributed by atoms with Crippen LogP contribution in [-0.2, 0) is 0 Å². The molecule has 0 bridgehead atoms. The molecule has 0 spiro atoms. The van der Waals surface area contributed by atoms with Crippen molar-refractivity contribution < 1.29 is 13.3 Å². The van der Waals surface area contributed by atoms with E-state index >= 15 is 0 Å². The fraction of sp³-hybridized carbons (Fsp3) is 0. The lowest BCUT2D eigenvalue weighted by Gasteiger charge is -2.26. The van der Waals surface area contributed by atoms with Crippen LogP contribution < -0.4 is 4.90 Å². The number of hydrogen-bond acceptors (Lipinski definition) is 4. The first-order chi connectivity index (χ1) is 25.8. The van der Waals surface area contributed by atoms with Gasteiger partial charge in [0, 0.05) is 43.9 Å². The van der Waals surface area contributed by atoms with Crippen molar-refractivity contribution in [2.75, 3.05) is 4.90 Å². The first-order valence-electron chi connectivity index (χ1n) is 17.5. The summed E-state index contributed by atoms with van der Waals surface area (Å²) < 4.78 is 19.6. The van der Waals surface area contributed by atoms with E-state index in [4.69, 9.17) is 13.3 Å². The Bertz CT molecular complexity index is 3090. The Morgan fingerprint density at radius 2 is 0.904 bits per heavy atom. The van der Waals surface area contributed by atoms with Gasteiger partial charge >= 0.3 is 0 Å². The van der Waals surface area contributed by atoms with Crippen LogP contribution in [0.4, 0.5) is 17.1 Å². The maximum absolute atomic E-state index is 6.73. The second-order valence-corrected chi connectivity index (χ2v) is 13.2. The van der Waals surface area contributed by atoms with Gasteiger partial charge in [0.2, 0.25) is 0 Å². The Morgan fingerprint density at radius 1 is 0.327 bits per heavy atom. The molecule has 244 valence electrons. The molecule has 0 aliphatic rings. The number of fused-ring (bicyclic) bond motifs is 9. The Labute approximate surface area is 298 Å². The van der Waals surface area contributed by atoms with Gasteiger partial charge in [-0.25, -0.2) is 0 Å². The van der Waals surface area contributed by atoms with Crippen molar-refractivity contribution in [2.24, 2.45) is 0 Å². The minimum absolute atomic E-state index is 0.831. The molecule has 0 unspecified atom stereocenters. The van der Waals surface area contributed by atoms with Gasteiger partial charge in [0.05, 0.1) is 11.1 Å². The zero-order valence-corrected chi connectivity index (χ0v) is 27.9. The van der Waals surface area contributed by atoms with Crippen LogP contribution in [0.2, 0.25) is 0 Å². The van der Waals surface area contributed by atoms with Crippen molar-refractivity contribution in [3.05, 3.63) is 176 Å². The Morgan fingerprint density at radius 3 is 1.73 bits per heavy atom. The molecule has 0 saturated carbocycles. The van der Waals surface area contributed by atoms with Gasteiger partial charge in [0.25, 0.3) is 0 Å². The van der Waals surface area contributed by atoms with Gasteiger partial charge in [-0.1, -0.05) is 103 Å². The van der Waals surface area contributed by atoms with Gasteiger partial charge in [-0.05, 0) is 89.5 Å². The summed E-state index contributed by atoms with van der Waals surface area (Å²) in [6.07, 6.45) is 0. The van der Waals surface area contributed by atoms with Crippen LogP contribution in [0.3, 0.4) is 0 Å². The molecule has 0 atom stereocenters. The van der Waals surface area contributed by atoms with E-state index < -0.39 is 0 Å². The van der Waals surface area contributed by atoms with Crippen molar-refractivity contribution >= 4 is 82.9 Å². The van der Waals surface area contributed by atoms with Crippen molar-refractivity contribution in [2.45, 2.75) is 0 Å². The first kappa shape index (κ1) is 28.8. The molecule has 52 heavy (non-hydrogen) atoms. The van der Waals surface area contributed by atoms with Gasteiger partial charge < -0.3 is 18.2 Å². The molecule has 3 heterocycles.